The van der Waals surface area contributed by atoms with E-state index in [9.17, 15) is 9.90 Å². The monoisotopic (exact) mass is 313 g/mol. The van der Waals surface area contributed by atoms with Crippen LogP contribution >= 0.6 is 11.6 Å². The fourth-order valence-electron chi connectivity index (χ4n) is 2.24. The first kappa shape index (κ1) is 14.3. The van der Waals surface area contributed by atoms with Gasteiger partial charge in [0.1, 0.15) is 5.69 Å². The normalized spacial score (nSPS) is 10.6. The molecule has 1 N–H and O–H groups in total. The van der Waals surface area contributed by atoms with Gasteiger partial charge in [0.25, 0.3) is 0 Å². The maximum Gasteiger partial charge on any atom is 0.309 e. The van der Waals surface area contributed by atoms with Crippen molar-refractivity contribution in [2.24, 2.45) is 0 Å². The van der Waals surface area contributed by atoms with Gasteiger partial charge in [-0.1, -0.05) is 59.3 Å². The summed E-state index contributed by atoms with van der Waals surface area (Å²) in [6.45, 7) is 0. The largest absolute Gasteiger partial charge is 0.481 e. The summed E-state index contributed by atoms with van der Waals surface area (Å²) in [5.74, 6) is -0.951. The summed E-state index contributed by atoms with van der Waals surface area (Å²) in [5, 5.41) is 17.9. The van der Waals surface area contributed by atoms with Crippen molar-refractivity contribution in [1.29, 1.82) is 0 Å². The lowest BCUT2D eigenvalue weighted by molar-refractivity contribution is -0.136. The Hall–Kier alpha value is -2.66. The zero-order valence-electron chi connectivity index (χ0n) is 11.5. The Kier molecular flexibility index (Phi) is 3.89. The highest BCUT2D eigenvalue weighted by atomic mass is 35.5. The smallest absolute Gasteiger partial charge is 0.309 e. The number of carbonyl (C=O) groups is 1. The Morgan fingerprint density at radius 2 is 1.77 bits per heavy atom. The highest BCUT2D eigenvalue weighted by molar-refractivity contribution is 6.32. The summed E-state index contributed by atoms with van der Waals surface area (Å²) < 4.78 is 1.48. The predicted octanol–water partition coefficient (Wildman–Crippen LogP) is 3.21. The van der Waals surface area contributed by atoms with Crippen LogP contribution in [-0.2, 0) is 11.2 Å². The summed E-state index contributed by atoms with van der Waals surface area (Å²) in [4.78, 5) is 11.2. The Morgan fingerprint density at radius 3 is 2.45 bits per heavy atom. The summed E-state index contributed by atoms with van der Waals surface area (Å²) in [6.07, 6.45) is -0.192. The van der Waals surface area contributed by atoms with Gasteiger partial charge in [-0.25, -0.2) is 4.68 Å². The molecule has 0 amide bonds. The molecule has 6 heteroatoms. The molecule has 0 unspecified atom stereocenters. The van der Waals surface area contributed by atoms with Gasteiger partial charge in [-0.05, 0) is 12.1 Å². The van der Waals surface area contributed by atoms with Crippen LogP contribution in [0.25, 0.3) is 16.9 Å². The molecule has 0 aliphatic heterocycles. The first-order chi connectivity index (χ1) is 10.7. The maximum atomic E-state index is 11.2. The predicted molar refractivity (Wildman–Crippen MR) is 83.1 cm³/mol. The number of benzene rings is 2. The average Bonchev–Trinajstić information content (AvgIpc) is 2.91. The van der Waals surface area contributed by atoms with Crippen molar-refractivity contribution in [2.45, 2.75) is 6.42 Å². The number of hydrogen-bond acceptors (Lipinski definition) is 3. The van der Waals surface area contributed by atoms with Gasteiger partial charge in [0, 0.05) is 5.56 Å². The molecular weight excluding hydrogens is 302 g/mol. The Morgan fingerprint density at radius 1 is 1.09 bits per heavy atom. The van der Waals surface area contributed by atoms with E-state index in [4.69, 9.17) is 11.6 Å². The lowest BCUT2D eigenvalue weighted by Crippen LogP contribution is -2.09. The first-order valence-corrected chi connectivity index (χ1v) is 7.01. The van der Waals surface area contributed by atoms with Gasteiger partial charge < -0.3 is 5.11 Å². The Balaban J connectivity index is 2.18. The third kappa shape index (κ3) is 2.71. The average molecular weight is 314 g/mol. The fourth-order valence-corrected chi connectivity index (χ4v) is 2.46. The number of aliphatic carboxylic acids is 1. The molecule has 0 saturated carbocycles. The first-order valence-electron chi connectivity index (χ1n) is 6.63. The highest BCUT2D eigenvalue weighted by Crippen LogP contribution is 2.26. The van der Waals surface area contributed by atoms with Crippen LogP contribution in [0.1, 0.15) is 5.69 Å². The molecule has 0 saturated heterocycles. The lowest BCUT2D eigenvalue weighted by atomic mass is 10.1. The molecule has 3 rings (SSSR count). The molecule has 3 aromatic rings. The molecule has 5 nitrogen and oxygen atoms in total. The van der Waals surface area contributed by atoms with Crippen LogP contribution in [0.2, 0.25) is 5.02 Å². The SMILES string of the molecule is O=C(O)Cc1c(-c2ccccc2)nnn1-c1ccccc1Cl. The minimum absolute atomic E-state index is 0.192. The summed E-state index contributed by atoms with van der Waals surface area (Å²) in [7, 11) is 0. The van der Waals surface area contributed by atoms with Gasteiger partial charge in [0.2, 0.25) is 0 Å². The van der Waals surface area contributed by atoms with Crippen LogP contribution in [0, 0.1) is 0 Å². The number of nitrogens with zero attached hydrogens (tertiary/aromatic N) is 3. The molecule has 0 atom stereocenters. The fraction of sp³-hybridized carbons (Fsp3) is 0.0625. The van der Waals surface area contributed by atoms with Crippen LogP contribution in [0.15, 0.2) is 54.6 Å². The number of rotatable bonds is 4. The van der Waals surface area contributed by atoms with Crippen molar-refractivity contribution < 1.29 is 9.90 Å². The second kappa shape index (κ2) is 5.99. The highest BCUT2D eigenvalue weighted by Gasteiger charge is 2.19. The minimum Gasteiger partial charge on any atom is -0.481 e. The molecule has 0 fully saturated rings. The van der Waals surface area contributed by atoms with E-state index in [0.29, 0.717) is 22.1 Å². The molecule has 110 valence electrons. The molecule has 2 aromatic carbocycles. The van der Waals surface area contributed by atoms with Crippen molar-refractivity contribution in [1.82, 2.24) is 15.0 Å². The molecule has 0 aliphatic rings. The quantitative estimate of drug-likeness (QED) is 0.803. The standard InChI is InChI=1S/C16H12ClN3O2/c17-12-8-4-5-9-13(12)20-14(10-15(21)22)16(18-19-20)11-6-2-1-3-7-11/h1-9H,10H2,(H,21,22). The second-order valence-electron chi connectivity index (χ2n) is 4.68. The summed E-state index contributed by atoms with van der Waals surface area (Å²) in [6, 6.07) is 16.5. The molecule has 0 spiro atoms. The van der Waals surface area contributed by atoms with Gasteiger partial charge in [0.05, 0.1) is 22.8 Å². The number of para-hydroxylation sites is 1. The van der Waals surface area contributed by atoms with Gasteiger partial charge in [-0.2, -0.15) is 0 Å². The van der Waals surface area contributed by atoms with E-state index >= 15 is 0 Å². The van der Waals surface area contributed by atoms with Crippen LogP contribution in [0.5, 0.6) is 0 Å². The third-order valence-electron chi connectivity index (χ3n) is 3.21. The molecule has 1 aromatic heterocycles. The van der Waals surface area contributed by atoms with Crippen LogP contribution in [-0.4, -0.2) is 26.1 Å². The number of halogens is 1. The van der Waals surface area contributed by atoms with Crippen LogP contribution < -0.4 is 0 Å². The zero-order chi connectivity index (χ0) is 15.5. The number of carboxylic acids is 1. The van der Waals surface area contributed by atoms with E-state index < -0.39 is 5.97 Å². The second-order valence-corrected chi connectivity index (χ2v) is 5.09. The number of hydrogen-bond donors (Lipinski definition) is 1. The van der Waals surface area contributed by atoms with Crippen molar-refractivity contribution in [2.75, 3.05) is 0 Å². The minimum atomic E-state index is -0.951. The summed E-state index contributed by atoms with van der Waals surface area (Å²) in [5.41, 5.74) is 2.46. The van der Waals surface area contributed by atoms with Crippen molar-refractivity contribution in [3.05, 3.63) is 65.3 Å². The van der Waals surface area contributed by atoms with E-state index in [1.807, 2.05) is 36.4 Å². The van der Waals surface area contributed by atoms with Crippen molar-refractivity contribution in [3.63, 3.8) is 0 Å². The van der Waals surface area contributed by atoms with Gasteiger partial charge >= 0.3 is 5.97 Å². The van der Waals surface area contributed by atoms with Crippen LogP contribution in [0.4, 0.5) is 0 Å². The van der Waals surface area contributed by atoms with E-state index in [1.165, 1.54) is 4.68 Å². The Bertz CT molecular complexity index is 815. The third-order valence-corrected chi connectivity index (χ3v) is 3.53. The van der Waals surface area contributed by atoms with E-state index in [1.54, 1.807) is 18.2 Å². The molecule has 0 bridgehead atoms. The topological polar surface area (TPSA) is 68.0 Å². The summed E-state index contributed by atoms with van der Waals surface area (Å²) >= 11 is 6.19. The van der Waals surface area contributed by atoms with Crippen molar-refractivity contribution in [3.8, 4) is 16.9 Å². The van der Waals surface area contributed by atoms with E-state index in [-0.39, 0.29) is 6.42 Å². The van der Waals surface area contributed by atoms with E-state index in [2.05, 4.69) is 10.3 Å². The molecule has 22 heavy (non-hydrogen) atoms. The lowest BCUT2D eigenvalue weighted by Gasteiger charge is -2.08. The molecule has 0 aliphatic carbocycles. The molecule has 1 heterocycles. The van der Waals surface area contributed by atoms with Gasteiger partial charge in [-0.3, -0.25) is 4.79 Å². The van der Waals surface area contributed by atoms with E-state index in [0.717, 1.165) is 5.56 Å². The Labute approximate surface area is 131 Å². The number of aromatic nitrogens is 3. The maximum absolute atomic E-state index is 11.2. The van der Waals surface area contributed by atoms with Gasteiger partial charge in [-0.15, -0.1) is 5.10 Å². The van der Waals surface area contributed by atoms with Gasteiger partial charge in [0.15, 0.2) is 0 Å². The zero-order valence-corrected chi connectivity index (χ0v) is 12.2. The van der Waals surface area contributed by atoms with Crippen LogP contribution in [0.3, 0.4) is 0 Å². The molecular formula is C16H12ClN3O2. The molecule has 0 radical (unpaired) electrons. The number of carboxylic acid groups (broad SMARTS) is 1. The van der Waals surface area contributed by atoms with Crippen molar-refractivity contribution >= 4 is 17.6 Å².